The van der Waals surface area contributed by atoms with Gasteiger partial charge in [-0.25, -0.2) is 4.39 Å². The smallest absolute Gasteiger partial charge is 0.389 e. The highest BCUT2D eigenvalue weighted by Gasteiger charge is 2.78. The van der Waals surface area contributed by atoms with Gasteiger partial charge in [0.1, 0.15) is 0 Å². The molecule has 4 nitrogen and oxygen atoms in total. The number of hydrogen-bond donors (Lipinski definition) is 2. The van der Waals surface area contributed by atoms with E-state index in [9.17, 15) is 18.3 Å². The van der Waals surface area contributed by atoms with Crippen LogP contribution >= 0.6 is 23.4 Å². The van der Waals surface area contributed by atoms with Crippen molar-refractivity contribution < 1.29 is 23.0 Å². The molecule has 1 fully saturated rings. The van der Waals surface area contributed by atoms with E-state index in [4.69, 9.17) is 16.3 Å². The molecule has 0 spiro atoms. The first-order valence-corrected chi connectivity index (χ1v) is 11.2. The standard InChI is InChI=1S/C22H20ClF3N2O2S/c1-3-31-11-21(22(25,26)30-21)20(14-9-10-15(23)18(24)19(14)29)28-17-6-4-5-16-13(17)8-7-12(2)27-16/h4-10,20,28-29H,3,11H2,1-2H3. The number of nitrogens with zero attached hydrogens (tertiary/aromatic N) is 1. The van der Waals surface area contributed by atoms with Gasteiger partial charge >= 0.3 is 6.11 Å². The molecule has 1 aliphatic rings. The van der Waals surface area contributed by atoms with Crippen molar-refractivity contribution in [2.75, 3.05) is 16.8 Å². The summed E-state index contributed by atoms with van der Waals surface area (Å²) in [5, 5.41) is 13.9. The van der Waals surface area contributed by atoms with E-state index in [1.54, 1.807) is 12.1 Å². The number of aryl methyl sites for hydroxylation is 1. The average molecular weight is 469 g/mol. The number of pyridine rings is 1. The van der Waals surface area contributed by atoms with Crippen LogP contribution in [0.4, 0.5) is 18.9 Å². The Labute approximate surface area is 186 Å². The highest BCUT2D eigenvalue weighted by Crippen LogP contribution is 2.61. The summed E-state index contributed by atoms with van der Waals surface area (Å²) in [6.45, 7) is 3.70. The highest BCUT2D eigenvalue weighted by atomic mass is 35.5. The van der Waals surface area contributed by atoms with Crippen molar-refractivity contribution in [2.24, 2.45) is 0 Å². The topological polar surface area (TPSA) is 57.7 Å². The van der Waals surface area contributed by atoms with Crippen LogP contribution in [0.5, 0.6) is 5.75 Å². The Kier molecular flexibility index (Phi) is 5.74. The minimum Gasteiger partial charge on any atom is -0.505 e. The molecule has 0 aliphatic carbocycles. The number of halogens is 4. The minimum atomic E-state index is -3.45. The van der Waals surface area contributed by atoms with Crippen LogP contribution < -0.4 is 5.32 Å². The lowest BCUT2D eigenvalue weighted by molar-refractivity contribution is 0.000669. The summed E-state index contributed by atoms with van der Waals surface area (Å²) in [7, 11) is 0. The largest absolute Gasteiger partial charge is 0.505 e. The zero-order valence-corrected chi connectivity index (χ0v) is 18.3. The number of thioether (sulfide) groups is 1. The van der Waals surface area contributed by atoms with E-state index in [0.717, 1.165) is 5.69 Å². The average Bonchev–Trinajstić information content (AvgIpc) is 3.30. The molecular formula is C22H20ClF3N2O2S. The lowest BCUT2D eigenvalue weighted by Crippen LogP contribution is -2.36. The predicted octanol–water partition coefficient (Wildman–Crippen LogP) is 6.31. The molecule has 2 N–H and O–H groups in total. The fourth-order valence-corrected chi connectivity index (χ4v) is 4.71. The Balaban J connectivity index is 1.86. The summed E-state index contributed by atoms with van der Waals surface area (Å²) in [6.07, 6.45) is -3.45. The zero-order chi connectivity index (χ0) is 22.4. The molecule has 2 aromatic carbocycles. The first-order valence-electron chi connectivity index (χ1n) is 9.65. The van der Waals surface area contributed by atoms with Crippen LogP contribution in [0.1, 0.15) is 24.2 Å². The molecule has 0 radical (unpaired) electrons. The third-order valence-corrected chi connectivity index (χ3v) is 6.66. The van der Waals surface area contributed by atoms with Crippen molar-refractivity contribution in [1.82, 2.24) is 4.98 Å². The molecule has 1 saturated heterocycles. The number of phenolic OH excluding ortho intramolecular Hbond substituents is 1. The SMILES string of the molecule is CCSCC1(C(Nc2cccc3nc(C)ccc23)c2ccc(Cl)c(F)c2O)OC1(F)F. The number of benzene rings is 2. The summed E-state index contributed by atoms with van der Waals surface area (Å²) in [5.41, 5.74) is -0.0295. The van der Waals surface area contributed by atoms with Crippen LogP contribution in [0, 0.1) is 12.7 Å². The van der Waals surface area contributed by atoms with Crippen molar-refractivity contribution in [3.8, 4) is 5.75 Å². The molecule has 2 unspecified atom stereocenters. The summed E-state index contributed by atoms with van der Waals surface area (Å²) in [4.78, 5) is 4.47. The Morgan fingerprint density at radius 1 is 1.23 bits per heavy atom. The van der Waals surface area contributed by atoms with Crippen molar-refractivity contribution >= 4 is 40.0 Å². The first-order chi connectivity index (χ1) is 14.7. The van der Waals surface area contributed by atoms with Crippen LogP contribution in [0.15, 0.2) is 42.5 Å². The molecule has 2 atom stereocenters. The van der Waals surface area contributed by atoms with Gasteiger partial charge in [0.15, 0.2) is 17.2 Å². The maximum absolute atomic E-state index is 14.6. The third kappa shape index (κ3) is 3.81. The number of nitrogens with one attached hydrogen (secondary N) is 1. The lowest BCUT2D eigenvalue weighted by Gasteiger charge is -2.27. The fourth-order valence-electron chi connectivity index (χ4n) is 3.65. The molecule has 9 heteroatoms. The van der Waals surface area contributed by atoms with Crippen LogP contribution in [0.2, 0.25) is 5.02 Å². The van der Waals surface area contributed by atoms with Crippen LogP contribution in [0.3, 0.4) is 0 Å². The molecule has 1 aromatic heterocycles. The monoisotopic (exact) mass is 468 g/mol. The maximum atomic E-state index is 14.6. The van der Waals surface area contributed by atoms with Gasteiger partial charge in [-0.15, -0.1) is 0 Å². The molecule has 1 aliphatic heterocycles. The van der Waals surface area contributed by atoms with Gasteiger partial charge < -0.3 is 10.4 Å². The summed E-state index contributed by atoms with van der Waals surface area (Å²) in [6, 6.07) is 10.2. The molecule has 2 heterocycles. The van der Waals surface area contributed by atoms with E-state index >= 15 is 0 Å². The van der Waals surface area contributed by atoms with Gasteiger partial charge in [-0.2, -0.15) is 20.5 Å². The van der Waals surface area contributed by atoms with Gasteiger partial charge in [-0.05, 0) is 43.0 Å². The molecule has 31 heavy (non-hydrogen) atoms. The van der Waals surface area contributed by atoms with Gasteiger partial charge in [-0.1, -0.05) is 30.7 Å². The Morgan fingerprint density at radius 3 is 2.65 bits per heavy atom. The molecule has 4 rings (SSSR count). The fraction of sp³-hybridized carbons (Fsp3) is 0.318. The summed E-state index contributed by atoms with van der Waals surface area (Å²) < 4.78 is 48.5. The van der Waals surface area contributed by atoms with E-state index in [1.165, 1.54) is 23.9 Å². The van der Waals surface area contributed by atoms with Crippen molar-refractivity contribution in [2.45, 2.75) is 31.6 Å². The number of epoxide rings is 1. The van der Waals surface area contributed by atoms with Gasteiger partial charge in [-0.3, -0.25) is 9.72 Å². The molecule has 0 amide bonds. The number of aromatic hydroxyl groups is 1. The maximum Gasteiger partial charge on any atom is 0.389 e. The molecule has 164 valence electrons. The lowest BCUT2D eigenvalue weighted by atomic mass is 9.92. The molecule has 0 saturated carbocycles. The molecular weight excluding hydrogens is 449 g/mol. The molecule has 3 aromatic rings. The third-order valence-electron chi connectivity index (χ3n) is 5.33. The number of ether oxygens (including phenoxy) is 1. The van der Waals surface area contributed by atoms with Crippen molar-refractivity contribution in [3.63, 3.8) is 0 Å². The number of hydrogen-bond acceptors (Lipinski definition) is 5. The predicted molar refractivity (Wildman–Crippen MR) is 118 cm³/mol. The van der Waals surface area contributed by atoms with E-state index in [0.29, 0.717) is 22.3 Å². The van der Waals surface area contributed by atoms with E-state index < -0.39 is 29.3 Å². The zero-order valence-electron chi connectivity index (χ0n) is 16.8. The van der Waals surface area contributed by atoms with E-state index in [1.807, 2.05) is 32.0 Å². The number of anilines is 1. The number of rotatable bonds is 7. The van der Waals surface area contributed by atoms with Gasteiger partial charge in [0, 0.05) is 28.1 Å². The number of phenols is 1. The van der Waals surface area contributed by atoms with Crippen LogP contribution in [-0.2, 0) is 4.74 Å². The Hall–Kier alpha value is -2.16. The van der Waals surface area contributed by atoms with E-state index in [2.05, 4.69) is 10.3 Å². The second-order valence-electron chi connectivity index (χ2n) is 7.35. The second-order valence-corrected chi connectivity index (χ2v) is 9.03. The van der Waals surface area contributed by atoms with Crippen LogP contribution in [0.25, 0.3) is 10.9 Å². The quantitative estimate of drug-likeness (QED) is 0.398. The van der Waals surface area contributed by atoms with E-state index in [-0.39, 0.29) is 16.3 Å². The second kappa shape index (κ2) is 8.07. The number of fused-ring (bicyclic) bond motifs is 1. The normalized spacial score (nSPS) is 20.6. The van der Waals surface area contributed by atoms with Gasteiger partial charge in [0.25, 0.3) is 0 Å². The van der Waals surface area contributed by atoms with Gasteiger partial charge in [0.2, 0.25) is 0 Å². The highest BCUT2D eigenvalue weighted by molar-refractivity contribution is 7.99. The van der Waals surface area contributed by atoms with Crippen molar-refractivity contribution in [3.05, 3.63) is 64.6 Å². The van der Waals surface area contributed by atoms with Crippen LogP contribution in [-0.4, -0.2) is 33.3 Å². The molecule has 0 bridgehead atoms. The number of aromatic nitrogens is 1. The first kappa shape index (κ1) is 22.0. The summed E-state index contributed by atoms with van der Waals surface area (Å²) >= 11 is 7.04. The Bertz CT molecular complexity index is 1150. The number of alkyl halides is 2. The van der Waals surface area contributed by atoms with Crippen molar-refractivity contribution in [1.29, 1.82) is 0 Å². The van der Waals surface area contributed by atoms with Gasteiger partial charge in [0.05, 0.1) is 16.6 Å². The Morgan fingerprint density at radius 2 is 1.97 bits per heavy atom. The summed E-state index contributed by atoms with van der Waals surface area (Å²) in [5.74, 6) is -1.32. The minimum absolute atomic E-state index is 0.0556.